The Balaban J connectivity index is 2.77. The highest BCUT2D eigenvalue weighted by molar-refractivity contribution is 7.82. The fraction of sp³-hybridized carbons (Fsp3) is 1.00. The molecule has 2 atom stereocenters. The molecule has 1 aliphatic rings. The van der Waals surface area contributed by atoms with Crippen molar-refractivity contribution in [2.45, 2.75) is 19.4 Å². The lowest BCUT2D eigenvalue weighted by Gasteiger charge is -1.94. The average molecular weight is 156 g/mol. The zero-order chi connectivity index (χ0) is 7.07. The van der Waals surface area contributed by atoms with Crippen LogP contribution in [0, 0.1) is 0 Å². The molecule has 0 aliphatic carbocycles. The normalized spacial score (nSPS) is 41.1. The maximum atomic E-state index is 12.1. The molecule has 0 bridgehead atoms. The summed E-state index contributed by atoms with van der Waals surface area (Å²) in [5, 5.41) is 0. The molecule has 54 valence electrons. The molecule has 1 saturated heterocycles. The first-order valence-electron chi connectivity index (χ1n) is 2.27. The molecular weight excluding hydrogens is 151 g/mol. The van der Waals surface area contributed by atoms with Crippen molar-refractivity contribution >= 4 is 10.4 Å². The molecule has 0 aromatic heterocycles. The molecule has 6 heteroatoms. The number of alkyl halides is 1. The molecule has 1 rings (SSSR count). The van der Waals surface area contributed by atoms with Gasteiger partial charge >= 0.3 is 10.4 Å². The molecule has 0 radical (unpaired) electrons. The van der Waals surface area contributed by atoms with Gasteiger partial charge < -0.3 is 0 Å². The Kier molecular flexibility index (Phi) is 1.45. The Morgan fingerprint density at radius 2 is 2.00 bits per heavy atom. The summed E-state index contributed by atoms with van der Waals surface area (Å²) in [5.41, 5.74) is 0. The van der Waals surface area contributed by atoms with Gasteiger partial charge in [-0.15, -0.1) is 0 Å². The molecule has 4 nitrogen and oxygen atoms in total. The largest absolute Gasteiger partial charge is 0.403 e. The molecule has 0 N–H and O–H groups in total. The molecule has 0 aromatic carbocycles. The molecule has 0 saturated carbocycles. The van der Waals surface area contributed by atoms with Gasteiger partial charge in [-0.3, -0.25) is 0 Å². The molecule has 1 aliphatic heterocycles. The van der Waals surface area contributed by atoms with E-state index in [4.69, 9.17) is 0 Å². The van der Waals surface area contributed by atoms with Crippen molar-refractivity contribution in [3.63, 3.8) is 0 Å². The van der Waals surface area contributed by atoms with Crippen LogP contribution in [0.5, 0.6) is 0 Å². The first-order valence-corrected chi connectivity index (χ1v) is 3.60. The number of halogens is 1. The second-order valence-electron chi connectivity index (χ2n) is 1.66. The summed E-state index contributed by atoms with van der Waals surface area (Å²) in [6.07, 6.45) is -2.87. The smallest absolute Gasteiger partial charge is 0.239 e. The standard InChI is InChI=1S/C3H5FO4S/c1-2-3(4)8-9(5,6)7-2/h2-3H,1H3. The van der Waals surface area contributed by atoms with Gasteiger partial charge in [0.15, 0.2) is 0 Å². The van der Waals surface area contributed by atoms with Gasteiger partial charge in [-0.05, 0) is 6.92 Å². The molecule has 2 unspecified atom stereocenters. The van der Waals surface area contributed by atoms with E-state index in [9.17, 15) is 12.8 Å². The first kappa shape index (κ1) is 6.91. The zero-order valence-electron chi connectivity index (χ0n) is 4.57. The molecule has 9 heavy (non-hydrogen) atoms. The molecule has 1 heterocycles. The van der Waals surface area contributed by atoms with E-state index in [-0.39, 0.29) is 0 Å². The Morgan fingerprint density at radius 1 is 1.44 bits per heavy atom. The van der Waals surface area contributed by atoms with Gasteiger partial charge in [0.25, 0.3) is 0 Å². The van der Waals surface area contributed by atoms with Gasteiger partial charge in [-0.2, -0.15) is 8.42 Å². The minimum absolute atomic E-state index is 1.02. The summed E-state index contributed by atoms with van der Waals surface area (Å²) >= 11 is 0. The summed E-state index contributed by atoms with van der Waals surface area (Å²) in [6, 6.07) is 0. The third-order valence-electron chi connectivity index (χ3n) is 0.848. The van der Waals surface area contributed by atoms with E-state index in [1.165, 1.54) is 6.92 Å². The first-order chi connectivity index (χ1) is 4.01. The van der Waals surface area contributed by atoms with Crippen molar-refractivity contribution in [3.05, 3.63) is 0 Å². The quantitative estimate of drug-likeness (QED) is 0.494. The fourth-order valence-electron chi connectivity index (χ4n) is 0.443. The van der Waals surface area contributed by atoms with E-state index < -0.39 is 22.9 Å². The summed E-state index contributed by atoms with van der Waals surface area (Å²) in [6.45, 7) is 1.27. The highest BCUT2D eigenvalue weighted by Gasteiger charge is 2.36. The molecule has 1 fully saturated rings. The van der Waals surface area contributed by atoms with Crippen LogP contribution in [0.1, 0.15) is 6.92 Å². The monoisotopic (exact) mass is 156 g/mol. The second kappa shape index (κ2) is 1.89. The molecule has 0 aromatic rings. The van der Waals surface area contributed by atoms with Gasteiger partial charge in [-0.25, -0.2) is 12.8 Å². The van der Waals surface area contributed by atoms with Gasteiger partial charge in [-0.1, -0.05) is 0 Å². The van der Waals surface area contributed by atoms with E-state index in [0.29, 0.717) is 0 Å². The van der Waals surface area contributed by atoms with Crippen LogP contribution < -0.4 is 0 Å². The maximum absolute atomic E-state index is 12.1. The SMILES string of the molecule is CC1OS(=O)(=O)OC1F. The van der Waals surface area contributed by atoms with Crippen LogP contribution >= 0.6 is 0 Å². The second-order valence-corrected chi connectivity index (χ2v) is 2.86. The van der Waals surface area contributed by atoms with Gasteiger partial charge in [0.05, 0.1) is 0 Å². The zero-order valence-corrected chi connectivity index (χ0v) is 5.39. The minimum Gasteiger partial charge on any atom is -0.239 e. The minimum atomic E-state index is -4.02. The van der Waals surface area contributed by atoms with E-state index >= 15 is 0 Å². The van der Waals surface area contributed by atoms with Crippen LogP contribution in [0.15, 0.2) is 0 Å². The Bertz CT molecular complexity index is 182. The van der Waals surface area contributed by atoms with Gasteiger partial charge in [0, 0.05) is 0 Å². The molecule has 0 amide bonds. The van der Waals surface area contributed by atoms with Crippen molar-refractivity contribution < 1.29 is 21.2 Å². The average Bonchev–Trinajstić information content (AvgIpc) is 1.79. The lowest BCUT2D eigenvalue weighted by Crippen LogP contribution is -2.11. The summed E-state index contributed by atoms with van der Waals surface area (Å²) in [7, 11) is -4.02. The fourth-order valence-corrected chi connectivity index (χ4v) is 1.33. The summed E-state index contributed by atoms with van der Waals surface area (Å²) in [4.78, 5) is 0. The third-order valence-corrected chi connectivity index (χ3v) is 1.81. The van der Waals surface area contributed by atoms with Crippen molar-refractivity contribution in [1.29, 1.82) is 0 Å². The lowest BCUT2D eigenvalue weighted by molar-refractivity contribution is 0.0481. The number of rotatable bonds is 0. The highest BCUT2D eigenvalue weighted by atomic mass is 32.3. The van der Waals surface area contributed by atoms with E-state index in [1.807, 2.05) is 0 Å². The van der Waals surface area contributed by atoms with Crippen LogP contribution in [0.25, 0.3) is 0 Å². The van der Waals surface area contributed by atoms with E-state index in [0.717, 1.165) is 0 Å². The van der Waals surface area contributed by atoms with Crippen molar-refractivity contribution in [1.82, 2.24) is 0 Å². The van der Waals surface area contributed by atoms with Crippen LogP contribution in [-0.2, 0) is 18.8 Å². The molecular formula is C3H5FO4S. The van der Waals surface area contributed by atoms with Crippen LogP contribution in [0.4, 0.5) is 4.39 Å². The van der Waals surface area contributed by atoms with Gasteiger partial charge in [0.1, 0.15) is 6.10 Å². The van der Waals surface area contributed by atoms with E-state index in [1.54, 1.807) is 0 Å². The number of hydrogen-bond donors (Lipinski definition) is 0. The summed E-state index contributed by atoms with van der Waals surface area (Å²) < 4.78 is 40.2. The van der Waals surface area contributed by atoms with Crippen LogP contribution in [-0.4, -0.2) is 20.9 Å². The Labute approximate surface area is 51.9 Å². The predicted molar refractivity (Wildman–Crippen MR) is 25.4 cm³/mol. The Hall–Kier alpha value is -0.200. The van der Waals surface area contributed by atoms with Crippen molar-refractivity contribution in [3.8, 4) is 0 Å². The highest BCUT2D eigenvalue weighted by Crippen LogP contribution is 2.20. The predicted octanol–water partition coefficient (Wildman–Crippen LogP) is -0.0379. The maximum Gasteiger partial charge on any atom is 0.403 e. The van der Waals surface area contributed by atoms with Gasteiger partial charge in [0.2, 0.25) is 6.36 Å². The van der Waals surface area contributed by atoms with Crippen molar-refractivity contribution in [2.24, 2.45) is 0 Å². The summed E-state index contributed by atoms with van der Waals surface area (Å²) in [5.74, 6) is 0. The van der Waals surface area contributed by atoms with Crippen LogP contribution in [0.2, 0.25) is 0 Å². The van der Waals surface area contributed by atoms with E-state index in [2.05, 4.69) is 8.37 Å². The number of hydrogen-bond acceptors (Lipinski definition) is 4. The molecule has 0 spiro atoms. The van der Waals surface area contributed by atoms with Crippen molar-refractivity contribution in [2.75, 3.05) is 0 Å². The van der Waals surface area contributed by atoms with Crippen LogP contribution in [0.3, 0.4) is 0 Å². The Morgan fingerprint density at radius 3 is 2.11 bits per heavy atom. The topological polar surface area (TPSA) is 52.6 Å². The lowest BCUT2D eigenvalue weighted by atomic mass is 10.4. The third kappa shape index (κ3) is 1.38.